The van der Waals surface area contributed by atoms with Gasteiger partial charge in [-0.15, -0.1) is 0 Å². The van der Waals surface area contributed by atoms with E-state index in [0.717, 1.165) is 22.0 Å². The van der Waals surface area contributed by atoms with Crippen LogP contribution >= 0.6 is 0 Å². The Labute approximate surface area is 151 Å². The third kappa shape index (κ3) is 3.74. The molecule has 3 rings (SSSR count). The molecule has 26 heavy (non-hydrogen) atoms. The third-order valence-corrected chi connectivity index (χ3v) is 4.32. The number of para-hydroxylation sites is 1. The topological polar surface area (TPSA) is 88.0 Å². The summed E-state index contributed by atoms with van der Waals surface area (Å²) in [6, 6.07) is 14.4. The second-order valence-corrected chi connectivity index (χ2v) is 6.62. The number of benzene rings is 2. The maximum atomic E-state index is 12.4. The van der Waals surface area contributed by atoms with Crippen LogP contribution in [0.3, 0.4) is 0 Å². The van der Waals surface area contributed by atoms with Gasteiger partial charge in [-0.25, -0.2) is 0 Å². The molecule has 0 saturated carbocycles. The Morgan fingerprint density at radius 2 is 1.96 bits per heavy atom. The first kappa shape index (κ1) is 17.7. The highest BCUT2D eigenvalue weighted by Gasteiger charge is 2.23. The van der Waals surface area contributed by atoms with Crippen molar-refractivity contribution in [2.24, 2.45) is 0 Å². The predicted molar refractivity (Wildman–Crippen MR) is 101 cm³/mol. The first-order valence-corrected chi connectivity index (χ1v) is 8.55. The first-order chi connectivity index (χ1) is 12.5. The molecule has 0 fully saturated rings. The molecule has 0 saturated heterocycles. The van der Waals surface area contributed by atoms with Gasteiger partial charge in [-0.3, -0.25) is 14.9 Å². The standard InChI is InChI=1S/C20H21N3O3/c1-13(2)22-20(24)11-17(14-6-5-7-15(10-14)23(25)26)18-12-21-19-9-4-3-8-16(18)19/h3-10,12-13,17,21H,11H2,1-2H3,(H,22,24). The zero-order chi connectivity index (χ0) is 18.7. The third-order valence-electron chi connectivity index (χ3n) is 4.32. The van der Waals surface area contributed by atoms with E-state index in [4.69, 9.17) is 0 Å². The monoisotopic (exact) mass is 351 g/mol. The number of hydrogen-bond acceptors (Lipinski definition) is 3. The van der Waals surface area contributed by atoms with Gasteiger partial charge >= 0.3 is 0 Å². The van der Waals surface area contributed by atoms with E-state index in [9.17, 15) is 14.9 Å². The number of nitrogens with zero attached hydrogens (tertiary/aromatic N) is 1. The summed E-state index contributed by atoms with van der Waals surface area (Å²) in [5.41, 5.74) is 2.71. The smallest absolute Gasteiger partial charge is 0.269 e. The molecular weight excluding hydrogens is 330 g/mol. The van der Waals surface area contributed by atoms with Gasteiger partial charge in [0.1, 0.15) is 0 Å². The lowest BCUT2D eigenvalue weighted by Crippen LogP contribution is -2.31. The van der Waals surface area contributed by atoms with Gasteiger partial charge in [0.2, 0.25) is 5.91 Å². The summed E-state index contributed by atoms with van der Waals surface area (Å²) in [4.78, 5) is 26.4. The molecule has 1 unspecified atom stereocenters. The maximum absolute atomic E-state index is 12.4. The van der Waals surface area contributed by atoms with Crippen LogP contribution in [0.2, 0.25) is 0 Å². The Balaban J connectivity index is 2.06. The van der Waals surface area contributed by atoms with Crippen molar-refractivity contribution in [1.29, 1.82) is 0 Å². The zero-order valence-corrected chi connectivity index (χ0v) is 14.7. The Morgan fingerprint density at radius 1 is 1.19 bits per heavy atom. The molecule has 134 valence electrons. The summed E-state index contributed by atoms with van der Waals surface area (Å²) in [5.74, 6) is -0.355. The molecule has 6 heteroatoms. The Hall–Kier alpha value is -3.15. The summed E-state index contributed by atoms with van der Waals surface area (Å²) in [7, 11) is 0. The largest absolute Gasteiger partial charge is 0.361 e. The minimum absolute atomic E-state index is 0.0246. The van der Waals surface area contributed by atoms with E-state index in [-0.39, 0.29) is 30.0 Å². The van der Waals surface area contributed by atoms with Crippen molar-refractivity contribution in [2.75, 3.05) is 0 Å². The van der Waals surface area contributed by atoms with Crippen LogP contribution in [0.1, 0.15) is 37.3 Å². The molecule has 6 nitrogen and oxygen atoms in total. The Kier molecular flexibility index (Phi) is 5.02. The normalized spacial score (nSPS) is 12.3. The molecule has 1 heterocycles. The van der Waals surface area contributed by atoms with Crippen LogP contribution in [0, 0.1) is 10.1 Å². The lowest BCUT2D eigenvalue weighted by molar-refractivity contribution is -0.384. The highest BCUT2D eigenvalue weighted by atomic mass is 16.6. The number of amides is 1. The van der Waals surface area contributed by atoms with Crippen LogP contribution in [0.25, 0.3) is 10.9 Å². The summed E-state index contributed by atoms with van der Waals surface area (Å²) in [6.45, 7) is 3.82. The number of fused-ring (bicyclic) bond motifs is 1. The summed E-state index contributed by atoms with van der Waals surface area (Å²) < 4.78 is 0. The second kappa shape index (κ2) is 7.39. The molecule has 0 aliphatic heterocycles. The molecule has 1 aromatic heterocycles. The van der Waals surface area contributed by atoms with E-state index >= 15 is 0 Å². The minimum Gasteiger partial charge on any atom is -0.361 e. The molecule has 1 atom stereocenters. The molecule has 0 aliphatic carbocycles. The van der Waals surface area contributed by atoms with Gasteiger partial charge in [-0.05, 0) is 31.0 Å². The minimum atomic E-state index is -0.413. The van der Waals surface area contributed by atoms with Crippen molar-refractivity contribution >= 4 is 22.5 Å². The van der Waals surface area contributed by atoms with Crippen LogP contribution < -0.4 is 5.32 Å². The van der Waals surface area contributed by atoms with Gasteiger partial charge in [0, 0.05) is 47.6 Å². The number of aromatic nitrogens is 1. The number of H-pyrrole nitrogens is 1. The van der Waals surface area contributed by atoms with Crippen LogP contribution in [-0.2, 0) is 4.79 Å². The van der Waals surface area contributed by atoms with Gasteiger partial charge in [0.05, 0.1) is 4.92 Å². The van der Waals surface area contributed by atoms with E-state index in [2.05, 4.69) is 10.3 Å². The van der Waals surface area contributed by atoms with Crippen LogP contribution in [0.4, 0.5) is 5.69 Å². The molecule has 3 aromatic rings. The summed E-state index contributed by atoms with van der Waals surface area (Å²) in [5, 5.41) is 15.1. The van der Waals surface area contributed by atoms with E-state index in [1.54, 1.807) is 12.1 Å². The number of nitrogens with one attached hydrogen (secondary N) is 2. The van der Waals surface area contributed by atoms with Gasteiger partial charge in [0.15, 0.2) is 0 Å². The number of carbonyl (C=O) groups is 1. The number of nitro groups is 1. The van der Waals surface area contributed by atoms with Crippen LogP contribution in [0.5, 0.6) is 0 Å². The first-order valence-electron chi connectivity index (χ1n) is 8.55. The quantitative estimate of drug-likeness (QED) is 0.517. The van der Waals surface area contributed by atoms with Gasteiger partial charge in [-0.1, -0.05) is 30.3 Å². The SMILES string of the molecule is CC(C)NC(=O)CC(c1cccc([N+](=O)[O-])c1)c1c[nH]c2ccccc12. The number of carbonyl (C=O) groups excluding carboxylic acids is 1. The van der Waals surface area contributed by atoms with Crippen molar-refractivity contribution in [3.8, 4) is 0 Å². The fraction of sp³-hybridized carbons (Fsp3) is 0.250. The predicted octanol–water partition coefficient (Wildman–Crippen LogP) is 4.12. The van der Waals surface area contributed by atoms with E-state index < -0.39 is 4.92 Å². The van der Waals surface area contributed by atoms with Crippen molar-refractivity contribution in [1.82, 2.24) is 10.3 Å². The lowest BCUT2D eigenvalue weighted by atomic mass is 9.87. The van der Waals surface area contributed by atoms with E-state index in [0.29, 0.717) is 0 Å². The van der Waals surface area contributed by atoms with Gasteiger partial charge in [-0.2, -0.15) is 0 Å². The molecule has 0 bridgehead atoms. The average Bonchev–Trinajstić information content (AvgIpc) is 3.03. The molecule has 0 aliphatic rings. The van der Waals surface area contributed by atoms with E-state index in [1.165, 1.54) is 6.07 Å². The molecule has 2 N–H and O–H groups in total. The fourth-order valence-electron chi connectivity index (χ4n) is 3.21. The highest BCUT2D eigenvalue weighted by Crippen LogP contribution is 2.34. The molecule has 2 aromatic carbocycles. The van der Waals surface area contributed by atoms with Crippen molar-refractivity contribution in [2.45, 2.75) is 32.2 Å². The zero-order valence-electron chi connectivity index (χ0n) is 14.7. The molecule has 0 spiro atoms. The van der Waals surface area contributed by atoms with Gasteiger partial charge in [0.25, 0.3) is 5.69 Å². The Morgan fingerprint density at radius 3 is 2.69 bits per heavy atom. The number of aromatic amines is 1. The fourth-order valence-corrected chi connectivity index (χ4v) is 3.21. The lowest BCUT2D eigenvalue weighted by Gasteiger charge is -2.18. The number of nitro benzene ring substituents is 1. The number of rotatable bonds is 6. The average molecular weight is 351 g/mol. The van der Waals surface area contributed by atoms with Crippen LogP contribution in [-0.4, -0.2) is 21.9 Å². The number of non-ortho nitro benzene ring substituents is 1. The van der Waals surface area contributed by atoms with Crippen molar-refractivity contribution in [3.63, 3.8) is 0 Å². The van der Waals surface area contributed by atoms with E-state index in [1.807, 2.05) is 50.4 Å². The molecular formula is C20H21N3O3. The maximum Gasteiger partial charge on any atom is 0.269 e. The highest BCUT2D eigenvalue weighted by molar-refractivity contribution is 5.86. The van der Waals surface area contributed by atoms with Crippen molar-refractivity contribution in [3.05, 3.63) is 76.0 Å². The summed E-state index contributed by atoms with van der Waals surface area (Å²) in [6.07, 6.45) is 2.11. The summed E-state index contributed by atoms with van der Waals surface area (Å²) >= 11 is 0. The Bertz CT molecular complexity index is 946. The van der Waals surface area contributed by atoms with Crippen molar-refractivity contribution < 1.29 is 9.72 Å². The second-order valence-electron chi connectivity index (χ2n) is 6.62. The van der Waals surface area contributed by atoms with Gasteiger partial charge < -0.3 is 10.3 Å². The molecule has 1 amide bonds. The molecule has 0 radical (unpaired) electrons. The van der Waals surface area contributed by atoms with Crippen LogP contribution in [0.15, 0.2) is 54.7 Å². The number of hydrogen-bond donors (Lipinski definition) is 2.